The van der Waals surface area contributed by atoms with E-state index in [4.69, 9.17) is 16.0 Å². The molecule has 3 nitrogen and oxygen atoms in total. The van der Waals surface area contributed by atoms with Crippen LogP contribution in [0, 0.1) is 11.3 Å². The zero-order chi connectivity index (χ0) is 14.7. The van der Waals surface area contributed by atoms with Gasteiger partial charge in [0.15, 0.2) is 5.88 Å². The van der Waals surface area contributed by atoms with E-state index in [1.165, 1.54) is 12.8 Å². The third-order valence-corrected chi connectivity index (χ3v) is 3.84. The molecule has 0 bridgehead atoms. The van der Waals surface area contributed by atoms with E-state index >= 15 is 0 Å². The van der Waals surface area contributed by atoms with E-state index in [-0.39, 0.29) is 0 Å². The Balaban J connectivity index is 1.85. The minimum atomic E-state index is 0.564. The highest BCUT2D eigenvalue weighted by Gasteiger charge is 2.15. The number of hydrogen-bond acceptors (Lipinski definition) is 3. The third-order valence-electron chi connectivity index (χ3n) is 3.59. The third kappa shape index (κ3) is 3.12. The van der Waals surface area contributed by atoms with Crippen LogP contribution in [0.25, 0.3) is 11.6 Å². The Morgan fingerprint density at radius 3 is 2.52 bits per heavy atom. The summed E-state index contributed by atoms with van der Waals surface area (Å²) in [4.78, 5) is 2.23. The smallest absolute Gasteiger partial charge is 0.196 e. The van der Waals surface area contributed by atoms with Crippen LogP contribution in [-0.2, 0) is 0 Å². The molecule has 0 spiro atoms. The molecule has 1 aliphatic rings. The topological polar surface area (TPSA) is 40.2 Å². The van der Waals surface area contributed by atoms with Gasteiger partial charge in [-0.3, -0.25) is 0 Å². The maximum absolute atomic E-state index is 9.33. The highest BCUT2D eigenvalue weighted by atomic mass is 35.5. The Kier molecular flexibility index (Phi) is 3.98. The van der Waals surface area contributed by atoms with Gasteiger partial charge in [-0.05, 0) is 42.7 Å². The molecule has 0 radical (unpaired) electrons. The van der Waals surface area contributed by atoms with Gasteiger partial charge in [0.2, 0.25) is 0 Å². The summed E-state index contributed by atoms with van der Waals surface area (Å²) in [6.45, 7) is 2.08. The molecule has 1 aromatic carbocycles. The van der Waals surface area contributed by atoms with Crippen LogP contribution in [0.4, 0.5) is 5.88 Å². The Hall–Kier alpha value is -2.18. The summed E-state index contributed by atoms with van der Waals surface area (Å²) in [5, 5.41) is 9.98. The average Bonchev–Trinajstić information content (AvgIpc) is 3.17. The first-order valence-corrected chi connectivity index (χ1v) is 7.36. The minimum Gasteiger partial charge on any atom is -0.441 e. The van der Waals surface area contributed by atoms with Crippen LogP contribution < -0.4 is 4.90 Å². The summed E-state index contributed by atoms with van der Waals surface area (Å²) >= 11 is 5.87. The summed E-state index contributed by atoms with van der Waals surface area (Å²) in [7, 11) is 0. The van der Waals surface area contributed by atoms with Crippen LogP contribution in [0.3, 0.4) is 0 Å². The van der Waals surface area contributed by atoms with Crippen LogP contribution in [0.15, 0.2) is 40.8 Å². The van der Waals surface area contributed by atoms with Gasteiger partial charge in [0.25, 0.3) is 0 Å². The second-order valence-electron chi connectivity index (χ2n) is 5.05. The van der Waals surface area contributed by atoms with Crippen molar-refractivity contribution in [3.63, 3.8) is 0 Å². The molecule has 0 atom stereocenters. The molecule has 0 aliphatic carbocycles. The van der Waals surface area contributed by atoms with Crippen LogP contribution in [0.1, 0.15) is 24.2 Å². The Labute approximate surface area is 129 Å². The molecule has 1 fully saturated rings. The second kappa shape index (κ2) is 6.07. The van der Waals surface area contributed by atoms with Crippen molar-refractivity contribution in [2.24, 2.45) is 0 Å². The van der Waals surface area contributed by atoms with E-state index in [0.29, 0.717) is 16.4 Å². The van der Waals surface area contributed by atoms with E-state index in [2.05, 4.69) is 11.0 Å². The summed E-state index contributed by atoms with van der Waals surface area (Å²) in [6, 6.07) is 13.3. The number of benzene rings is 1. The van der Waals surface area contributed by atoms with Gasteiger partial charge in [0.1, 0.15) is 5.76 Å². The molecule has 0 amide bonds. The molecule has 1 saturated heterocycles. The van der Waals surface area contributed by atoms with Crippen LogP contribution in [-0.4, -0.2) is 13.1 Å². The van der Waals surface area contributed by atoms with E-state index < -0.39 is 0 Å². The lowest BCUT2D eigenvalue weighted by Gasteiger charge is -2.12. The van der Waals surface area contributed by atoms with Crippen LogP contribution in [0.5, 0.6) is 0 Å². The summed E-state index contributed by atoms with van der Waals surface area (Å²) in [6.07, 6.45) is 4.18. The van der Waals surface area contributed by atoms with Crippen molar-refractivity contribution in [1.82, 2.24) is 0 Å². The minimum absolute atomic E-state index is 0.564. The first-order valence-electron chi connectivity index (χ1n) is 6.99. The lowest BCUT2D eigenvalue weighted by Crippen LogP contribution is -2.16. The van der Waals surface area contributed by atoms with Crippen LogP contribution >= 0.6 is 11.6 Å². The fourth-order valence-electron chi connectivity index (χ4n) is 2.48. The lowest BCUT2D eigenvalue weighted by atomic mass is 10.1. The van der Waals surface area contributed by atoms with Gasteiger partial charge in [-0.15, -0.1) is 0 Å². The highest BCUT2D eigenvalue weighted by Crippen LogP contribution is 2.26. The normalized spacial score (nSPS) is 15.2. The second-order valence-corrected chi connectivity index (χ2v) is 5.48. The largest absolute Gasteiger partial charge is 0.441 e. The predicted octanol–water partition coefficient (Wildman–Crippen LogP) is 4.60. The number of anilines is 1. The number of allylic oxidation sites excluding steroid dienone is 1. The predicted molar refractivity (Wildman–Crippen MR) is 85.1 cm³/mol. The molecule has 0 N–H and O–H groups in total. The SMILES string of the molecule is N#C/C(=C/c1ccc(N2CCCC2)o1)c1ccc(Cl)cc1. The van der Waals surface area contributed by atoms with Crippen molar-refractivity contribution in [3.8, 4) is 6.07 Å². The van der Waals surface area contributed by atoms with Gasteiger partial charge in [-0.1, -0.05) is 23.7 Å². The fraction of sp³-hybridized carbons (Fsp3) is 0.235. The summed E-state index contributed by atoms with van der Waals surface area (Å²) in [5.41, 5.74) is 1.40. The molecule has 0 unspecified atom stereocenters. The maximum atomic E-state index is 9.33. The van der Waals surface area contributed by atoms with Crippen molar-refractivity contribution in [1.29, 1.82) is 5.26 Å². The van der Waals surface area contributed by atoms with Crippen molar-refractivity contribution in [2.45, 2.75) is 12.8 Å². The molecular weight excluding hydrogens is 284 g/mol. The van der Waals surface area contributed by atoms with Crippen molar-refractivity contribution in [2.75, 3.05) is 18.0 Å². The van der Waals surface area contributed by atoms with Crippen molar-refractivity contribution in [3.05, 3.63) is 52.7 Å². The first kappa shape index (κ1) is 13.8. The maximum Gasteiger partial charge on any atom is 0.196 e. The molecular formula is C17H15ClN2O. The quantitative estimate of drug-likeness (QED) is 0.778. The van der Waals surface area contributed by atoms with Gasteiger partial charge in [0, 0.05) is 24.2 Å². The monoisotopic (exact) mass is 298 g/mol. The fourth-order valence-corrected chi connectivity index (χ4v) is 2.61. The standard InChI is InChI=1S/C17H15ClN2O/c18-15-5-3-13(4-6-15)14(12-19)11-16-7-8-17(21-16)20-9-1-2-10-20/h3-8,11H,1-2,9-10H2/b14-11-. The van der Waals surface area contributed by atoms with E-state index in [0.717, 1.165) is 24.5 Å². The van der Waals surface area contributed by atoms with Gasteiger partial charge in [-0.25, -0.2) is 0 Å². The number of furan rings is 1. The van der Waals surface area contributed by atoms with E-state index in [9.17, 15) is 5.26 Å². The molecule has 3 rings (SSSR count). The molecule has 21 heavy (non-hydrogen) atoms. The molecule has 0 saturated carbocycles. The summed E-state index contributed by atoms with van der Waals surface area (Å²) < 4.78 is 5.82. The summed E-state index contributed by atoms with van der Waals surface area (Å²) in [5.74, 6) is 1.58. The van der Waals surface area contributed by atoms with E-state index in [1.807, 2.05) is 24.3 Å². The van der Waals surface area contributed by atoms with Gasteiger partial charge in [0.05, 0.1) is 11.6 Å². The van der Waals surface area contributed by atoms with Gasteiger partial charge >= 0.3 is 0 Å². The van der Waals surface area contributed by atoms with Gasteiger partial charge < -0.3 is 9.32 Å². The zero-order valence-electron chi connectivity index (χ0n) is 11.6. The Morgan fingerprint density at radius 1 is 1.14 bits per heavy atom. The van der Waals surface area contributed by atoms with E-state index in [1.54, 1.807) is 18.2 Å². The molecule has 1 aromatic heterocycles. The number of hydrogen-bond donors (Lipinski definition) is 0. The highest BCUT2D eigenvalue weighted by molar-refractivity contribution is 6.30. The molecule has 106 valence electrons. The number of nitrogens with zero attached hydrogens (tertiary/aromatic N) is 2. The van der Waals surface area contributed by atoms with Crippen molar-refractivity contribution < 1.29 is 4.42 Å². The Bertz CT molecular complexity index is 688. The first-order chi connectivity index (χ1) is 10.3. The number of rotatable bonds is 3. The lowest BCUT2D eigenvalue weighted by molar-refractivity contribution is 0.548. The zero-order valence-corrected chi connectivity index (χ0v) is 12.3. The number of halogens is 1. The molecule has 2 heterocycles. The molecule has 1 aliphatic heterocycles. The van der Waals surface area contributed by atoms with Crippen molar-refractivity contribution >= 4 is 29.1 Å². The van der Waals surface area contributed by atoms with Crippen LogP contribution in [0.2, 0.25) is 5.02 Å². The number of nitriles is 1. The van der Waals surface area contributed by atoms with Gasteiger partial charge in [-0.2, -0.15) is 5.26 Å². The molecule has 2 aromatic rings. The Morgan fingerprint density at radius 2 is 1.86 bits per heavy atom. The molecule has 4 heteroatoms. The average molecular weight is 299 g/mol.